The third-order valence-corrected chi connectivity index (χ3v) is 6.24. The molecule has 0 spiro atoms. The molecule has 0 heterocycles. The minimum Gasteiger partial charge on any atom is -0.483 e. The lowest BCUT2D eigenvalue weighted by molar-refractivity contribution is -0.142. The van der Waals surface area contributed by atoms with Crippen LogP contribution in [0.25, 0.3) is 0 Å². The molecule has 0 aliphatic carbocycles. The number of carbonyl (C=O) groups excluding carboxylic acids is 2. The van der Waals surface area contributed by atoms with Crippen LogP contribution in [-0.2, 0) is 22.6 Å². The number of amides is 2. The summed E-state index contributed by atoms with van der Waals surface area (Å²) in [5.41, 5.74) is 3.95. The molecule has 6 heteroatoms. The number of ether oxygens (including phenoxy) is 1. The molecule has 0 saturated heterocycles. The first kappa shape index (κ1) is 26.3. The second-order valence-corrected chi connectivity index (χ2v) is 9.07. The molecule has 2 amide bonds. The third-order valence-electron chi connectivity index (χ3n) is 5.99. The normalized spacial score (nSPS) is 11.5. The topological polar surface area (TPSA) is 58.6 Å². The van der Waals surface area contributed by atoms with Crippen molar-refractivity contribution in [1.82, 2.24) is 10.2 Å². The van der Waals surface area contributed by atoms with Gasteiger partial charge < -0.3 is 15.0 Å². The van der Waals surface area contributed by atoms with E-state index >= 15 is 0 Å². The summed E-state index contributed by atoms with van der Waals surface area (Å²) < 4.78 is 5.93. The zero-order valence-corrected chi connectivity index (χ0v) is 21.3. The van der Waals surface area contributed by atoms with Gasteiger partial charge in [-0.3, -0.25) is 9.59 Å². The third kappa shape index (κ3) is 7.59. The van der Waals surface area contributed by atoms with Crippen molar-refractivity contribution in [2.75, 3.05) is 13.2 Å². The molecule has 1 N–H and O–H groups in total. The van der Waals surface area contributed by atoms with Crippen LogP contribution < -0.4 is 10.1 Å². The summed E-state index contributed by atoms with van der Waals surface area (Å²) in [5, 5.41) is 3.60. The fourth-order valence-corrected chi connectivity index (χ4v) is 3.94. The molecule has 3 rings (SSSR count). The first-order valence-electron chi connectivity index (χ1n) is 11.9. The molecule has 0 aliphatic rings. The first-order valence-corrected chi connectivity index (χ1v) is 12.3. The lowest BCUT2D eigenvalue weighted by Gasteiger charge is -2.31. The van der Waals surface area contributed by atoms with Crippen LogP contribution in [0.4, 0.5) is 0 Å². The average Bonchev–Trinajstić information content (AvgIpc) is 2.87. The Balaban J connectivity index is 1.90. The molecule has 0 unspecified atom stereocenters. The second-order valence-electron chi connectivity index (χ2n) is 8.63. The van der Waals surface area contributed by atoms with Crippen LogP contribution in [0.5, 0.6) is 5.75 Å². The van der Waals surface area contributed by atoms with Gasteiger partial charge >= 0.3 is 0 Å². The SMILES string of the molecule is CCCNC(=O)[C@H](Cc1ccccc1)N(Cc1ccc(Cl)cc1)C(=O)COc1cccc(C)c1C. The molecule has 3 aromatic rings. The van der Waals surface area contributed by atoms with Gasteiger partial charge in [0.15, 0.2) is 6.61 Å². The molecular weight excluding hydrogens is 460 g/mol. The summed E-state index contributed by atoms with van der Waals surface area (Å²) in [5.74, 6) is 0.234. The highest BCUT2D eigenvalue weighted by molar-refractivity contribution is 6.30. The van der Waals surface area contributed by atoms with Crippen molar-refractivity contribution in [2.45, 2.75) is 46.2 Å². The Morgan fingerprint density at radius 2 is 1.66 bits per heavy atom. The van der Waals surface area contributed by atoms with Gasteiger partial charge in [0, 0.05) is 24.5 Å². The van der Waals surface area contributed by atoms with E-state index in [9.17, 15) is 9.59 Å². The van der Waals surface area contributed by atoms with Crippen molar-refractivity contribution in [3.8, 4) is 5.75 Å². The van der Waals surface area contributed by atoms with E-state index in [-0.39, 0.29) is 25.0 Å². The molecular formula is C29H33ClN2O3. The summed E-state index contributed by atoms with van der Waals surface area (Å²) in [6.45, 7) is 6.63. The summed E-state index contributed by atoms with van der Waals surface area (Å²) in [6, 6.07) is 22.1. The van der Waals surface area contributed by atoms with E-state index in [4.69, 9.17) is 16.3 Å². The van der Waals surface area contributed by atoms with Crippen LogP contribution in [0.15, 0.2) is 72.8 Å². The van der Waals surface area contributed by atoms with Gasteiger partial charge in [-0.1, -0.05) is 73.1 Å². The van der Waals surface area contributed by atoms with Gasteiger partial charge in [0.1, 0.15) is 11.8 Å². The zero-order chi connectivity index (χ0) is 25.2. The fraction of sp³-hybridized carbons (Fsp3) is 0.310. The molecule has 184 valence electrons. The maximum absolute atomic E-state index is 13.6. The first-order chi connectivity index (χ1) is 16.9. The van der Waals surface area contributed by atoms with E-state index in [1.54, 1.807) is 17.0 Å². The number of carbonyl (C=O) groups is 2. The van der Waals surface area contributed by atoms with Crippen molar-refractivity contribution in [3.05, 3.63) is 100 Å². The number of benzene rings is 3. The van der Waals surface area contributed by atoms with Crippen LogP contribution >= 0.6 is 11.6 Å². The Labute approximate surface area is 213 Å². The smallest absolute Gasteiger partial charge is 0.261 e. The maximum Gasteiger partial charge on any atom is 0.261 e. The number of nitrogens with zero attached hydrogens (tertiary/aromatic N) is 1. The Bertz CT molecular complexity index is 1120. The summed E-state index contributed by atoms with van der Waals surface area (Å²) >= 11 is 6.07. The quantitative estimate of drug-likeness (QED) is 0.384. The Hall–Kier alpha value is -3.31. The molecule has 0 aliphatic heterocycles. The van der Waals surface area contributed by atoms with E-state index < -0.39 is 6.04 Å². The monoisotopic (exact) mass is 492 g/mol. The van der Waals surface area contributed by atoms with Gasteiger partial charge in [-0.25, -0.2) is 0 Å². The fourth-order valence-electron chi connectivity index (χ4n) is 3.81. The molecule has 0 saturated carbocycles. The minimum atomic E-state index is -0.686. The maximum atomic E-state index is 13.6. The predicted molar refractivity (Wildman–Crippen MR) is 141 cm³/mol. The lowest BCUT2D eigenvalue weighted by Crippen LogP contribution is -2.51. The number of aryl methyl sites for hydroxylation is 1. The highest BCUT2D eigenvalue weighted by atomic mass is 35.5. The Morgan fingerprint density at radius 1 is 0.943 bits per heavy atom. The van der Waals surface area contributed by atoms with Crippen LogP contribution in [0.1, 0.15) is 35.6 Å². The van der Waals surface area contributed by atoms with Gasteiger partial charge in [0.05, 0.1) is 0 Å². The van der Waals surface area contributed by atoms with Crippen molar-refractivity contribution < 1.29 is 14.3 Å². The van der Waals surface area contributed by atoms with E-state index in [1.165, 1.54) is 0 Å². The average molecular weight is 493 g/mol. The van der Waals surface area contributed by atoms with Crippen LogP contribution in [0.3, 0.4) is 0 Å². The second kappa shape index (κ2) is 13.0. The van der Waals surface area contributed by atoms with E-state index in [0.717, 1.165) is 28.7 Å². The highest BCUT2D eigenvalue weighted by Crippen LogP contribution is 2.22. The van der Waals surface area contributed by atoms with E-state index in [2.05, 4.69) is 5.32 Å². The molecule has 3 aromatic carbocycles. The number of hydrogen-bond donors (Lipinski definition) is 1. The highest BCUT2D eigenvalue weighted by Gasteiger charge is 2.30. The number of nitrogens with one attached hydrogen (secondary N) is 1. The van der Waals surface area contributed by atoms with Gasteiger partial charge in [0.2, 0.25) is 5.91 Å². The van der Waals surface area contributed by atoms with Crippen molar-refractivity contribution >= 4 is 23.4 Å². The molecule has 35 heavy (non-hydrogen) atoms. The lowest BCUT2D eigenvalue weighted by atomic mass is 10.0. The zero-order valence-electron chi connectivity index (χ0n) is 20.6. The molecule has 5 nitrogen and oxygen atoms in total. The van der Waals surface area contributed by atoms with E-state index in [1.807, 2.05) is 81.4 Å². The Kier molecular flexibility index (Phi) is 9.74. The van der Waals surface area contributed by atoms with Gasteiger partial charge in [-0.05, 0) is 60.7 Å². The van der Waals surface area contributed by atoms with Crippen molar-refractivity contribution in [1.29, 1.82) is 0 Å². The number of rotatable bonds is 11. The van der Waals surface area contributed by atoms with Crippen LogP contribution in [-0.4, -0.2) is 35.9 Å². The standard InChI is InChI=1S/C29H33ClN2O3/c1-4-17-31-29(34)26(18-23-10-6-5-7-11-23)32(19-24-13-15-25(30)16-14-24)28(33)20-35-27-12-8-9-21(2)22(27)3/h5-16,26H,4,17-20H2,1-3H3,(H,31,34)/t26-/m0/s1. The predicted octanol–water partition coefficient (Wildman–Crippen LogP) is 5.50. The summed E-state index contributed by atoms with van der Waals surface area (Å²) in [7, 11) is 0. The summed E-state index contributed by atoms with van der Waals surface area (Å²) in [6.07, 6.45) is 1.21. The minimum absolute atomic E-state index is 0.162. The van der Waals surface area contributed by atoms with Crippen molar-refractivity contribution in [3.63, 3.8) is 0 Å². The number of hydrogen-bond acceptors (Lipinski definition) is 3. The van der Waals surface area contributed by atoms with Crippen LogP contribution in [0.2, 0.25) is 5.02 Å². The number of halogens is 1. The van der Waals surface area contributed by atoms with Crippen LogP contribution in [0, 0.1) is 13.8 Å². The molecule has 0 aromatic heterocycles. The molecule has 1 atom stereocenters. The van der Waals surface area contributed by atoms with Gasteiger partial charge in [-0.2, -0.15) is 0 Å². The molecule has 0 radical (unpaired) electrons. The van der Waals surface area contributed by atoms with Crippen molar-refractivity contribution in [2.24, 2.45) is 0 Å². The van der Waals surface area contributed by atoms with Gasteiger partial charge in [0.25, 0.3) is 5.91 Å². The largest absolute Gasteiger partial charge is 0.483 e. The van der Waals surface area contributed by atoms with Gasteiger partial charge in [-0.15, -0.1) is 0 Å². The molecule has 0 bridgehead atoms. The molecule has 0 fully saturated rings. The van der Waals surface area contributed by atoms with E-state index in [0.29, 0.717) is 23.7 Å². The Morgan fingerprint density at radius 3 is 2.34 bits per heavy atom. The summed E-state index contributed by atoms with van der Waals surface area (Å²) in [4.78, 5) is 28.5.